The van der Waals surface area contributed by atoms with Crippen LogP contribution in [0.2, 0.25) is 10.0 Å². The van der Waals surface area contributed by atoms with Gasteiger partial charge >= 0.3 is 0 Å². The van der Waals surface area contributed by atoms with Crippen molar-refractivity contribution in [3.05, 3.63) is 37.1 Å². The van der Waals surface area contributed by atoms with Crippen LogP contribution >= 0.6 is 39.1 Å². The molecule has 0 N–H and O–H groups in total. The van der Waals surface area contributed by atoms with Crippen LogP contribution in [0.4, 0.5) is 5.69 Å². The number of nitrogens with zero attached hydrogens (tertiary/aromatic N) is 3. The molecule has 0 atom stereocenters. The molecule has 0 heterocycles. The van der Waals surface area contributed by atoms with E-state index in [-0.39, 0.29) is 0 Å². The van der Waals surface area contributed by atoms with Crippen LogP contribution in [-0.4, -0.2) is 0 Å². The Morgan fingerprint density at radius 3 is 2.67 bits per heavy atom. The SMILES string of the molecule is [N-]=[N+]=Nc1cc(Cl)cc(Br)c1Cl. The monoisotopic (exact) mass is 265 g/mol. The first kappa shape index (κ1) is 9.68. The van der Waals surface area contributed by atoms with E-state index < -0.39 is 0 Å². The van der Waals surface area contributed by atoms with Crippen molar-refractivity contribution in [3.8, 4) is 0 Å². The van der Waals surface area contributed by atoms with E-state index >= 15 is 0 Å². The van der Waals surface area contributed by atoms with Crippen molar-refractivity contribution in [3.63, 3.8) is 0 Å². The summed E-state index contributed by atoms with van der Waals surface area (Å²) in [6.45, 7) is 0. The van der Waals surface area contributed by atoms with Crippen LogP contribution in [0.15, 0.2) is 21.7 Å². The Hall–Kier alpha value is -0.410. The van der Waals surface area contributed by atoms with Gasteiger partial charge in [-0.15, -0.1) is 0 Å². The maximum Gasteiger partial charge on any atom is 0.0644 e. The molecule has 1 rings (SSSR count). The number of rotatable bonds is 1. The highest BCUT2D eigenvalue weighted by Crippen LogP contribution is 2.35. The number of azide groups is 1. The zero-order valence-electron chi connectivity index (χ0n) is 5.63. The summed E-state index contributed by atoms with van der Waals surface area (Å²) < 4.78 is 0.610. The highest BCUT2D eigenvalue weighted by molar-refractivity contribution is 9.10. The van der Waals surface area contributed by atoms with Crippen LogP contribution in [0, 0.1) is 0 Å². The Morgan fingerprint density at radius 2 is 2.08 bits per heavy atom. The Balaban J connectivity index is 3.36. The Labute approximate surface area is 87.0 Å². The van der Waals surface area contributed by atoms with Gasteiger partial charge in [0.05, 0.1) is 10.7 Å². The van der Waals surface area contributed by atoms with Crippen LogP contribution in [0.3, 0.4) is 0 Å². The lowest BCUT2D eigenvalue weighted by Crippen LogP contribution is -1.71. The largest absolute Gasteiger partial charge is 0.0843 e. The smallest absolute Gasteiger partial charge is 0.0644 e. The summed E-state index contributed by atoms with van der Waals surface area (Å²) in [7, 11) is 0. The molecule has 6 heteroatoms. The molecule has 0 aliphatic rings. The molecule has 0 saturated carbocycles. The molecule has 0 fully saturated rings. The highest BCUT2D eigenvalue weighted by atomic mass is 79.9. The van der Waals surface area contributed by atoms with E-state index in [1.807, 2.05) is 0 Å². The topological polar surface area (TPSA) is 48.8 Å². The molecule has 12 heavy (non-hydrogen) atoms. The molecule has 1 aromatic rings. The summed E-state index contributed by atoms with van der Waals surface area (Å²) in [5, 5.41) is 4.19. The lowest BCUT2D eigenvalue weighted by atomic mass is 10.3. The van der Waals surface area contributed by atoms with Gasteiger partial charge in [0.1, 0.15) is 0 Å². The van der Waals surface area contributed by atoms with Gasteiger partial charge in [0.2, 0.25) is 0 Å². The second kappa shape index (κ2) is 4.01. The summed E-state index contributed by atoms with van der Waals surface area (Å²) >= 11 is 14.6. The minimum absolute atomic E-state index is 0.318. The normalized spacial score (nSPS) is 9.25. The van der Waals surface area contributed by atoms with Crippen molar-refractivity contribution >= 4 is 44.8 Å². The van der Waals surface area contributed by atoms with Crippen LogP contribution < -0.4 is 0 Å². The van der Waals surface area contributed by atoms with Crippen LogP contribution in [0.25, 0.3) is 10.4 Å². The lowest BCUT2D eigenvalue weighted by Gasteiger charge is -1.99. The predicted octanol–water partition coefficient (Wildman–Crippen LogP) is 4.70. The maximum absolute atomic E-state index is 8.17. The lowest BCUT2D eigenvalue weighted by molar-refractivity contribution is 1.46. The number of benzene rings is 1. The molecule has 0 bridgehead atoms. The molecular formula is C6H2BrCl2N3. The van der Waals surface area contributed by atoms with Crippen molar-refractivity contribution in [2.24, 2.45) is 5.11 Å². The van der Waals surface area contributed by atoms with E-state index in [1.165, 1.54) is 6.07 Å². The molecule has 3 nitrogen and oxygen atoms in total. The highest BCUT2D eigenvalue weighted by Gasteiger charge is 2.03. The van der Waals surface area contributed by atoms with Gasteiger partial charge in [-0.2, -0.15) is 0 Å². The first-order valence-electron chi connectivity index (χ1n) is 2.85. The number of halogens is 3. The molecule has 0 aliphatic carbocycles. The first-order valence-corrected chi connectivity index (χ1v) is 4.39. The van der Waals surface area contributed by atoms with Gasteiger partial charge < -0.3 is 0 Å². The minimum Gasteiger partial charge on any atom is -0.0843 e. The Bertz CT molecular complexity index is 360. The van der Waals surface area contributed by atoms with Gasteiger partial charge in [-0.3, -0.25) is 0 Å². The number of hydrogen-bond donors (Lipinski definition) is 0. The zero-order chi connectivity index (χ0) is 9.14. The summed E-state index contributed by atoms with van der Waals surface area (Å²) in [4.78, 5) is 2.61. The van der Waals surface area contributed by atoms with Crippen molar-refractivity contribution in [1.82, 2.24) is 0 Å². The molecule has 0 unspecified atom stereocenters. The molecule has 0 spiro atoms. The molecule has 0 saturated heterocycles. The van der Waals surface area contributed by atoms with Gasteiger partial charge in [0.25, 0.3) is 0 Å². The Kier molecular flexibility index (Phi) is 3.23. The second-order valence-electron chi connectivity index (χ2n) is 1.91. The summed E-state index contributed by atoms with van der Waals surface area (Å²) in [6, 6.07) is 3.12. The van der Waals surface area contributed by atoms with E-state index in [0.717, 1.165) is 0 Å². The van der Waals surface area contributed by atoms with Gasteiger partial charge in [0.15, 0.2) is 0 Å². The van der Waals surface area contributed by atoms with Crippen molar-refractivity contribution in [2.45, 2.75) is 0 Å². The quantitative estimate of drug-likeness (QED) is 0.306. The van der Waals surface area contributed by atoms with E-state index in [0.29, 0.717) is 20.2 Å². The van der Waals surface area contributed by atoms with Crippen LogP contribution in [-0.2, 0) is 0 Å². The Morgan fingerprint density at radius 1 is 1.42 bits per heavy atom. The van der Waals surface area contributed by atoms with Crippen LogP contribution in [0.5, 0.6) is 0 Å². The third-order valence-corrected chi connectivity index (χ3v) is 2.60. The van der Waals surface area contributed by atoms with E-state index in [9.17, 15) is 0 Å². The minimum atomic E-state index is 0.318. The fourth-order valence-electron chi connectivity index (χ4n) is 0.663. The molecule has 62 valence electrons. The van der Waals surface area contributed by atoms with Crippen molar-refractivity contribution < 1.29 is 0 Å². The van der Waals surface area contributed by atoms with Gasteiger partial charge in [0, 0.05) is 14.4 Å². The molecule has 0 radical (unpaired) electrons. The van der Waals surface area contributed by atoms with Crippen molar-refractivity contribution in [1.29, 1.82) is 0 Å². The average Bonchev–Trinajstić information content (AvgIpc) is 2.00. The summed E-state index contributed by atoms with van der Waals surface area (Å²) in [6.07, 6.45) is 0. The molecule has 0 aromatic heterocycles. The second-order valence-corrected chi connectivity index (χ2v) is 3.58. The van der Waals surface area contributed by atoms with E-state index in [2.05, 4.69) is 26.0 Å². The molecule has 0 amide bonds. The number of hydrogen-bond acceptors (Lipinski definition) is 1. The van der Waals surface area contributed by atoms with Gasteiger partial charge in [-0.05, 0) is 33.6 Å². The third-order valence-electron chi connectivity index (χ3n) is 1.13. The fourth-order valence-corrected chi connectivity index (χ4v) is 1.60. The summed E-state index contributed by atoms with van der Waals surface area (Å²) in [5.74, 6) is 0. The van der Waals surface area contributed by atoms with E-state index in [1.54, 1.807) is 6.07 Å². The standard InChI is InChI=1S/C6H2BrCl2N3/c7-4-1-3(8)2-5(6(4)9)11-12-10/h1-2H. The third kappa shape index (κ3) is 2.05. The first-order chi connectivity index (χ1) is 5.65. The average molecular weight is 267 g/mol. The summed E-state index contributed by atoms with van der Waals surface area (Å²) in [5.41, 5.74) is 8.49. The zero-order valence-corrected chi connectivity index (χ0v) is 8.73. The van der Waals surface area contributed by atoms with E-state index in [4.69, 9.17) is 28.7 Å². The fraction of sp³-hybridized carbons (Fsp3) is 0. The molecular weight excluding hydrogens is 265 g/mol. The molecule has 1 aromatic carbocycles. The van der Waals surface area contributed by atoms with Crippen molar-refractivity contribution in [2.75, 3.05) is 0 Å². The van der Waals surface area contributed by atoms with Crippen LogP contribution in [0.1, 0.15) is 0 Å². The van der Waals surface area contributed by atoms with Gasteiger partial charge in [-0.25, -0.2) is 0 Å². The maximum atomic E-state index is 8.17. The van der Waals surface area contributed by atoms with Gasteiger partial charge in [-0.1, -0.05) is 28.3 Å². The predicted molar refractivity (Wildman–Crippen MR) is 53.0 cm³/mol. The molecule has 0 aliphatic heterocycles.